The lowest BCUT2D eigenvalue weighted by Gasteiger charge is -2.27. The van der Waals surface area contributed by atoms with Crippen molar-refractivity contribution in [3.63, 3.8) is 0 Å². The smallest absolute Gasteiger partial charge is 0.296 e. The van der Waals surface area contributed by atoms with E-state index in [4.69, 9.17) is 9.88 Å². The summed E-state index contributed by atoms with van der Waals surface area (Å²) >= 11 is 0. The van der Waals surface area contributed by atoms with Crippen LogP contribution in [0.4, 0.5) is 11.4 Å². The van der Waals surface area contributed by atoms with Crippen LogP contribution in [-0.4, -0.2) is 27.2 Å². The number of rotatable bonds is 7. The Bertz CT molecular complexity index is 544. The first kappa shape index (κ1) is 16.7. The van der Waals surface area contributed by atoms with E-state index in [0.717, 1.165) is 12.1 Å². The summed E-state index contributed by atoms with van der Waals surface area (Å²) < 4.78 is 29.6. The fourth-order valence-corrected chi connectivity index (χ4v) is 2.45. The fraction of sp³-hybridized carbons (Fsp3) is 0.538. The minimum atomic E-state index is -3.75. The molecule has 6 nitrogen and oxygen atoms in total. The minimum Gasteiger partial charge on any atom is -0.382 e. The second-order valence-corrected chi connectivity index (χ2v) is 6.74. The first-order chi connectivity index (χ1) is 9.11. The van der Waals surface area contributed by atoms with E-state index in [1.54, 1.807) is 25.3 Å². The highest BCUT2D eigenvalue weighted by Gasteiger charge is 2.20. The maximum absolute atomic E-state index is 11.0. The molecule has 1 aromatic rings. The largest absolute Gasteiger partial charge is 0.382 e. The second-order valence-electron chi connectivity index (χ2n) is 5.44. The zero-order valence-corrected chi connectivity index (χ0v) is 13.1. The summed E-state index contributed by atoms with van der Waals surface area (Å²) in [5.41, 5.74) is 1.02. The Labute approximate surface area is 120 Å². The van der Waals surface area contributed by atoms with Crippen LogP contribution in [0.1, 0.15) is 27.2 Å². The lowest BCUT2D eigenvalue weighted by Crippen LogP contribution is -2.31. The highest BCUT2D eigenvalue weighted by Crippen LogP contribution is 2.21. The maximum atomic E-state index is 11.0. The maximum Gasteiger partial charge on any atom is 0.296 e. The van der Waals surface area contributed by atoms with E-state index >= 15 is 0 Å². The number of benzene rings is 1. The summed E-state index contributed by atoms with van der Waals surface area (Å²) in [7, 11) is -2.07. The van der Waals surface area contributed by atoms with Gasteiger partial charge in [0.15, 0.2) is 0 Å². The molecule has 7 heteroatoms. The van der Waals surface area contributed by atoms with Gasteiger partial charge < -0.3 is 10.1 Å². The third-order valence-corrected chi connectivity index (χ3v) is 3.41. The van der Waals surface area contributed by atoms with E-state index in [0.29, 0.717) is 5.69 Å². The highest BCUT2D eigenvalue weighted by atomic mass is 32.2. The molecule has 114 valence electrons. The van der Waals surface area contributed by atoms with E-state index in [1.165, 1.54) is 0 Å². The summed E-state index contributed by atoms with van der Waals surface area (Å²) in [4.78, 5) is 0. The molecule has 0 aliphatic rings. The van der Waals surface area contributed by atoms with Crippen LogP contribution in [0, 0.1) is 0 Å². The van der Waals surface area contributed by atoms with Gasteiger partial charge in [-0.1, -0.05) is 6.07 Å². The van der Waals surface area contributed by atoms with Crippen LogP contribution in [0.5, 0.6) is 0 Å². The summed E-state index contributed by atoms with van der Waals surface area (Å²) in [6.07, 6.45) is 0.816. The molecular formula is C13H23N3O3S. The Morgan fingerprint density at radius 3 is 2.50 bits per heavy atom. The van der Waals surface area contributed by atoms with Crippen molar-refractivity contribution in [1.82, 2.24) is 0 Å². The number of hydrogen-bond donors (Lipinski definition) is 3. The van der Waals surface area contributed by atoms with Gasteiger partial charge in [-0.3, -0.25) is 4.72 Å². The Balaban J connectivity index is 2.71. The average Bonchev–Trinajstić information content (AvgIpc) is 2.26. The van der Waals surface area contributed by atoms with Crippen molar-refractivity contribution in [3.8, 4) is 0 Å². The summed E-state index contributed by atoms with van der Waals surface area (Å²) in [5, 5.41) is 8.25. The molecule has 0 saturated heterocycles. The van der Waals surface area contributed by atoms with Gasteiger partial charge in [0.1, 0.15) is 0 Å². The molecule has 0 aliphatic carbocycles. The van der Waals surface area contributed by atoms with Crippen LogP contribution in [0.3, 0.4) is 0 Å². The molecule has 0 spiro atoms. The number of nitrogens with one attached hydrogen (secondary N) is 2. The molecule has 0 saturated carbocycles. The van der Waals surface area contributed by atoms with Crippen molar-refractivity contribution in [1.29, 1.82) is 0 Å². The van der Waals surface area contributed by atoms with Gasteiger partial charge in [-0.05, 0) is 45.4 Å². The van der Waals surface area contributed by atoms with Crippen LogP contribution in [0.15, 0.2) is 24.3 Å². The first-order valence-electron chi connectivity index (χ1n) is 6.33. The van der Waals surface area contributed by atoms with Gasteiger partial charge in [0.25, 0.3) is 10.2 Å². The lowest BCUT2D eigenvalue weighted by atomic mass is 9.99. The van der Waals surface area contributed by atoms with Gasteiger partial charge in [-0.15, -0.1) is 0 Å². The third-order valence-electron chi connectivity index (χ3n) is 2.89. The van der Waals surface area contributed by atoms with Crippen LogP contribution in [-0.2, 0) is 14.9 Å². The zero-order chi connectivity index (χ0) is 15.4. The van der Waals surface area contributed by atoms with Gasteiger partial charge in [0, 0.05) is 18.8 Å². The minimum absolute atomic E-state index is 0.176. The molecule has 0 heterocycles. The molecule has 0 aromatic heterocycles. The Kier molecular flexibility index (Phi) is 5.38. The van der Waals surface area contributed by atoms with E-state index in [-0.39, 0.29) is 11.6 Å². The van der Waals surface area contributed by atoms with Crippen LogP contribution in [0.25, 0.3) is 0 Å². The van der Waals surface area contributed by atoms with E-state index < -0.39 is 10.2 Å². The molecule has 0 radical (unpaired) electrons. The summed E-state index contributed by atoms with van der Waals surface area (Å²) in [5.74, 6) is 0. The van der Waals surface area contributed by atoms with Crippen LogP contribution in [0.2, 0.25) is 0 Å². The predicted molar refractivity (Wildman–Crippen MR) is 82.0 cm³/mol. The molecule has 0 aliphatic heterocycles. The topological polar surface area (TPSA) is 93.4 Å². The Morgan fingerprint density at radius 1 is 1.35 bits per heavy atom. The van der Waals surface area contributed by atoms with Crippen molar-refractivity contribution in [2.24, 2.45) is 5.14 Å². The third kappa shape index (κ3) is 6.23. The summed E-state index contributed by atoms with van der Waals surface area (Å²) in [6.45, 7) is 6.08. The molecule has 4 N–H and O–H groups in total. The predicted octanol–water partition coefficient (Wildman–Crippen LogP) is 1.92. The molecule has 1 rings (SSSR count). The van der Waals surface area contributed by atoms with Gasteiger partial charge in [0.05, 0.1) is 11.3 Å². The van der Waals surface area contributed by atoms with Crippen molar-refractivity contribution >= 4 is 21.6 Å². The molecule has 0 bridgehead atoms. The number of hydrogen-bond acceptors (Lipinski definition) is 4. The summed E-state index contributed by atoms with van der Waals surface area (Å²) in [6, 6.07) is 7.13. The van der Waals surface area contributed by atoms with Crippen LogP contribution < -0.4 is 15.2 Å². The number of nitrogens with two attached hydrogens (primary N) is 1. The normalized spacial score (nSPS) is 13.8. The molecule has 1 atom stereocenters. The van der Waals surface area contributed by atoms with Gasteiger partial charge in [0.2, 0.25) is 0 Å². The van der Waals surface area contributed by atoms with E-state index in [1.807, 2.05) is 26.8 Å². The van der Waals surface area contributed by atoms with Crippen molar-refractivity contribution in [2.45, 2.75) is 38.8 Å². The Morgan fingerprint density at radius 2 is 1.95 bits per heavy atom. The van der Waals surface area contributed by atoms with E-state index in [9.17, 15) is 8.42 Å². The lowest BCUT2D eigenvalue weighted by molar-refractivity contribution is 0.0128. The van der Waals surface area contributed by atoms with Crippen molar-refractivity contribution in [3.05, 3.63) is 24.3 Å². The van der Waals surface area contributed by atoms with Crippen LogP contribution >= 0.6 is 0 Å². The molecular weight excluding hydrogens is 278 g/mol. The fourth-order valence-electron chi connectivity index (χ4n) is 1.99. The first-order valence-corrected chi connectivity index (χ1v) is 7.88. The monoisotopic (exact) mass is 301 g/mol. The molecule has 1 unspecified atom stereocenters. The van der Waals surface area contributed by atoms with Gasteiger partial charge >= 0.3 is 0 Å². The number of ether oxygens (including phenoxy) is 1. The second kappa shape index (κ2) is 6.43. The average molecular weight is 301 g/mol. The Hall–Kier alpha value is -1.31. The van der Waals surface area contributed by atoms with E-state index in [2.05, 4.69) is 10.0 Å². The van der Waals surface area contributed by atoms with Crippen molar-refractivity contribution < 1.29 is 13.2 Å². The van der Waals surface area contributed by atoms with Crippen molar-refractivity contribution in [2.75, 3.05) is 17.1 Å². The van der Waals surface area contributed by atoms with Gasteiger partial charge in [-0.2, -0.15) is 8.42 Å². The molecule has 20 heavy (non-hydrogen) atoms. The standard InChI is InChI=1S/C13H23N3O3S/c1-10(9-13(2,3)19-4)15-11-6-5-7-12(8-11)16-20(14,17)18/h5-8,10,15-16H,9H2,1-4H3,(H2,14,17,18). The molecule has 0 amide bonds. The molecule has 1 aromatic carbocycles. The number of methoxy groups -OCH3 is 1. The highest BCUT2D eigenvalue weighted by molar-refractivity contribution is 7.90. The zero-order valence-electron chi connectivity index (χ0n) is 12.3. The SMILES string of the molecule is COC(C)(C)CC(C)Nc1cccc(NS(N)(=O)=O)c1. The molecule has 0 fully saturated rings. The number of anilines is 2. The van der Waals surface area contributed by atoms with Gasteiger partial charge in [-0.25, -0.2) is 5.14 Å². The quantitative estimate of drug-likeness (QED) is 0.717.